The molecule has 1 aromatic carbocycles. The quantitative estimate of drug-likeness (QED) is 0.821. The molecule has 1 atom stereocenters. The molecule has 0 saturated heterocycles. The van der Waals surface area contributed by atoms with Crippen LogP contribution in [0.4, 0.5) is 4.39 Å². The van der Waals surface area contributed by atoms with Gasteiger partial charge in [-0.05, 0) is 43.0 Å². The van der Waals surface area contributed by atoms with Gasteiger partial charge in [-0.2, -0.15) is 0 Å². The maximum absolute atomic E-state index is 13.2. The van der Waals surface area contributed by atoms with Crippen LogP contribution in [-0.4, -0.2) is 6.04 Å². The molecule has 1 nitrogen and oxygen atoms in total. The van der Waals surface area contributed by atoms with Crippen LogP contribution in [-0.2, 0) is 6.42 Å². The van der Waals surface area contributed by atoms with Crippen LogP contribution in [0, 0.1) is 5.82 Å². The Balaban J connectivity index is 2.62. The summed E-state index contributed by atoms with van der Waals surface area (Å²) in [5.41, 5.74) is 6.41. The van der Waals surface area contributed by atoms with Gasteiger partial charge < -0.3 is 5.73 Å². The molecule has 0 saturated carbocycles. The van der Waals surface area contributed by atoms with E-state index in [1.165, 1.54) is 6.07 Å². The molecule has 0 aromatic heterocycles. The summed E-state index contributed by atoms with van der Waals surface area (Å²) in [5, 5.41) is 0.575. The largest absolute Gasteiger partial charge is 0.328 e. The molecule has 78 valence electrons. The normalized spacial score (nSPS) is 12.9. The van der Waals surface area contributed by atoms with Gasteiger partial charge in [0.1, 0.15) is 5.82 Å². The number of hydrogen-bond acceptors (Lipinski definition) is 1. The van der Waals surface area contributed by atoms with Gasteiger partial charge >= 0.3 is 0 Å². The first kappa shape index (κ1) is 11.5. The van der Waals surface area contributed by atoms with Crippen LogP contribution in [0.15, 0.2) is 18.2 Å². The van der Waals surface area contributed by atoms with Gasteiger partial charge in [-0.1, -0.05) is 18.5 Å². The summed E-state index contributed by atoms with van der Waals surface area (Å²) in [6.45, 7) is 2.03. The van der Waals surface area contributed by atoms with Crippen molar-refractivity contribution in [3.8, 4) is 0 Å². The van der Waals surface area contributed by atoms with Crippen LogP contribution in [0.1, 0.15) is 25.3 Å². The number of rotatable bonds is 4. The fourth-order valence-corrected chi connectivity index (χ4v) is 1.47. The van der Waals surface area contributed by atoms with Crippen molar-refractivity contribution in [3.63, 3.8) is 0 Å². The topological polar surface area (TPSA) is 26.0 Å². The zero-order valence-electron chi connectivity index (χ0n) is 8.26. The Kier molecular flexibility index (Phi) is 4.36. The molecule has 14 heavy (non-hydrogen) atoms. The fourth-order valence-electron chi connectivity index (χ4n) is 1.28. The van der Waals surface area contributed by atoms with E-state index in [2.05, 4.69) is 0 Å². The monoisotopic (exact) mass is 215 g/mol. The predicted octanol–water partition coefficient (Wildman–Crippen LogP) is 3.15. The van der Waals surface area contributed by atoms with Gasteiger partial charge in [-0.25, -0.2) is 4.39 Å². The molecule has 0 aliphatic rings. The Bertz CT molecular complexity index is 301. The van der Waals surface area contributed by atoms with Crippen LogP contribution in [0.2, 0.25) is 5.02 Å². The molecule has 0 heterocycles. The van der Waals surface area contributed by atoms with Gasteiger partial charge in [0.05, 0.1) is 0 Å². The van der Waals surface area contributed by atoms with E-state index in [1.54, 1.807) is 12.1 Å². The third-order valence-corrected chi connectivity index (χ3v) is 2.55. The van der Waals surface area contributed by atoms with Gasteiger partial charge in [0.15, 0.2) is 0 Å². The van der Waals surface area contributed by atoms with Crippen molar-refractivity contribution in [2.75, 3.05) is 0 Å². The van der Waals surface area contributed by atoms with E-state index in [4.69, 9.17) is 17.3 Å². The van der Waals surface area contributed by atoms with E-state index < -0.39 is 0 Å². The highest BCUT2D eigenvalue weighted by Crippen LogP contribution is 2.16. The molecule has 3 heteroatoms. The van der Waals surface area contributed by atoms with Gasteiger partial charge in [0.25, 0.3) is 0 Å². The van der Waals surface area contributed by atoms with E-state index in [9.17, 15) is 4.39 Å². The van der Waals surface area contributed by atoms with E-state index in [1.807, 2.05) is 6.92 Å². The summed E-state index contributed by atoms with van der Waals surface area (Å²) in [6, 6.07) is 4.77. The molecular formula is C11H15ClFN. The van der Waals surface area contributed by atoms with Gasteiger partial charge in [0.2, 0.25) is 0 Å². The highest BCUT2D eigenvalue weighted by molar-refractivity contribution is 6.30. The van der Waals surface area contributed by atoms with Gasteiger partial charge in [-0.15, -0.1) is 0 Å². The number of hydrogen-bond donors (Lipinski definition) is 1. The van der Waals surface area contributed by atoms with Gasteiger partial charge in [0, 0.05) is 11.1 Å². The Hall–Kier alpha value is -0.600. The number of benzene rings is 1. The molecule has 0 bridgehead atoms. The van der Waals surface area contributed by atoms with Gasteiger partial charge in [-0.3, -0.25) is 0 Å². The van der Waals surface area contributed by atoms with Crippen molar-refractivity contribution in [2.45, 2.75) is 32.2 Å². The number of nitrogens with two attached hydrogens (primary N) is 1. The highest BCUT2D eigenvalue weighted by atomic mass is 35.5. The van der Waals surface area contributed by atoms with Crippen molar-refractivity contribution in [1.82, 2.24) is 0 Å². The molecule has 0 fully saturated rings. The summed E-state index contributed by atoms with van der Waals surface area (Å²) in [7, 11) is 0. The summed E-state index contributed by atoms with van der Waals surface area (Å²) in [5.74, 6) is -0.197. The lowest BCUT2D eigenvalue weighted by molar-refractivity contribution is 0.566. The van der Waals surface area contributed by atoms with E-state index >= 15 is 0 Å². The molecular weight excluding hydrogens is 201 g/mol. The molecule has 0 amide bonds. The first-order valence-electron chi connectivity index (χ1n) is 4.83. The third kappa shape index (κ3) is 3.28. The van der Waals surface area contributed by atoms with Crippen molar-refractivity contribution in [2.24, 2.45) is 5.73 Å². The summed E-state index contributed by atoms with van der Waals surface area (Å²) in [4.78, 5) is 0. The molecule has 0 spiro atoms. The Morgan fingerprint density at radius 3 is 2.86 bits per heavy atom. The first-order chi connectivity index (χ1) is 6.63. The first-order valence-corrected chi connectivity index (χ1v) is 5.20. The van der Waals surface area contributed by atoms with Crippen LogP contribution in [0.3, 0.4) is 0 Å². The van der Waals surface area contributed by atoms with Crippen LogP contribution in [0.25, 0.3) is 0 Å². The smallest absolute Gasteiger partial charge is 0.126 e. The maximum atomic E-state index is 13.2. The van der Waals surface area contributed by atoms with Crippen LogP contribution < -0.4 is 5.73 Å². The molecule has 0 aliphatic carbocycles. The Morgan fingerprint density at radius 1 is 1.50 bits per heavy atom. The predicted molar refractivity (Wildman–Crippen MR) is 58.0 cm³/mol. The standard InChI is InChI=1S/C11H15ClFN/c1-2-10(14)5-3-8-7-9(12)4-6-11(8)13/h4,6-7,10H,2-3,5,14H2,1H3. The van der Waals surface area contributed by atoms with Crippen molar-refractivity contribution >= 4 is 11.6 Å². The lowest BCUT2D eigenvalue weighted by atomic mass is 10.0. The maximum Gasteiger partial charge on any atom is 0.126 e. The Labute approximate surface area is 89.1 Å². The van der Waals surface area contributed by atoms with Crippen molar-refractivity contribution < 1.29 is 4.39 Å². The van der Waals surface area contributed by atoms with Crippen molar-refractivity contribution in [1.29, 1.82) is 0 Å². The van der Waals surface area contributed by atoms with E-state index in [0.717, 1.165) is 12.8 Å². The SMILES string of the molecule is CCC(N)CCc1cc(Cl)ccc1F. The summed E-state index contributed by atoms with van der Waals surface area (Å²) < 4.78 is 13.2. The second-order valence-corrected chi connectivity index (χ2v) is 3.88. The number of halogens is 2. The van der Waals surface area contributed by atoms with Crippen LogP contribution in [0.5, 0.6) is 0 Å². The molecule has 1 aromatic rings. The molecule has 0 radical (unpaired) electrons. The molecule has 1 unspecified atom stereocenters. The number of aryl methyl sites for hydroxylation is 1. The zero-order chi connectivity index (χ0) is 10.6. The molecule has 1 rings (SSSR count). The minimum absolute atomic E-state index is 0.147. The van der Waals surface area contributed by atoms with Crippen molar-refractivity contribution in [3.05, 3.63) is 34.6 Å². The summed E-state index contributed by atoms with van der Waals surface area (Å²) in [6.07, 6.45) is 2.37. The minimum atomic E-state index is -0.197. The lowest BCUT2D eigenvalue weighted by Gasteiger charge is -2.08. The molecule has 2 N–H and O–H groups in total. The lowest BCUT2D eigenvalue weighted by Crippen LogP contribution is -2.19. The second kappa shape index (κ2) is 5.32. The average Bonchev–Trinajstić information content (AvgIpc) is 2.19. The van der Waals surface area contributed by atoms with Crippen LogP contribution >= 0.6 is 11.6 Å². The third-order valence-electron chi connectivity index (χ3n) is 2.32. The fraction of sp³-hybridized carbons (Fsp3) is 0.455. The zero-order valence-corrected chi connectivity index (χ0v) is 9.02. The minimum Gasteiger partial charge on any atom is -0.328 e. The van der Waals surface area contributed by atoms with E-state index in [-0.39, 0.29) is 11.9 Å². The summed E-state index contributed by atoms with van der Waals surface area (Å²) >= 11 is 5.77. The second-order valence-electron chi connectivity index (χ2n) is 3.44. The average molecular weight is 216 g/mol. The van der Waals surface area contributed by atoms with E-state index in [0.29, 0.717) is 17.0 Å². The Morgan fingerprint density at radius 2 is 2.21 bits per heavy atom. The molecule has 0 aliphatic heterocycles. The highest BCUT2D eigenvalue weighted by Gasteiger charge is 2.05.